The van der Waals surface area contributed by atoms with Gasteiger partial charge in [-0.1, -0.05) is 23.7 Å². The molecule has 0 radical (unpaired) electrons. The van der Waals surface area contributed by atoms with Crippen molar-refractivity contribution in [3.05, 3.63) is 59.1 Å². The molecule has 0 saturated carbocycles. The molecule has 0 aliphatic carbocycles. The molecule has 0 unspecified atom stereocenters. The fourth-order valence-electron chi connectivity index (χ4n) is 3.31. The molecule has 1 atom stereocenters. The van der Waals surface area contributed by atoms with Crippen LogP contribution in [0.4, 0.5) is 5.69 Å². The first kappa shape index (κ1) is 18.7. The minimum atomic E-state index is 0.0163. The molecule has 1 aliphatic rings. The van der Waals surface area contributed by atoms with E-state index in [0.29, 0.717) is 6.61 Å². The summed E-state index contributed by atoms with van der Waals surface area (Å²) in [7, 11) is 0. The van der Waals surface area contributed by atoms with E-state index < -0.39 is 0 Å². The number of anilines is 1. The fraction of sp³-hybridized carbons (Fsp3) is 0.381. The summed E-state index contributed by atoms with van der Waals surface area (Å²) in [4.78, 5) is 15.0. The van der Waals surface area contributed by atoms with Crippen LogP contribution in [-0.2, 0) is 11.3 Å². The summed E-state index contributed by atoms with van der Waals surface area (Å²) >= 11 is 5.95. The number of ether oxygens (including phenoxy) is 1. The number of piperidine rings is 1. The number of carbonyl (C=O) groups is 1. The Morgan fingerprint density at radius 1 is 1.19 bits per heavy atom. The first-order valence-corrected chi connectivity index (χ1v) is 9.52. The number of hydrogen-bond donors (Lipinski definition) is 1. The normalized spacial score (nSPS) is 17.7. The predicted octanol–water partition coefficient (Wildman–Crippen LogP) is 4.59. The quantitative estimate of drug-likeness (QED) is 0.806. The summed E-state index contributed by atoms with van der Waals surface area (Å²) in [5, 5.41) is 3.78. The van der Waals surface area contributed by atoms with Crippen LogP contribution in [0.5, 0.6) is 5.75 Å². The lowest BCUT2D eigenvalue weighted by Gasteiger charge is -2.32. The predicted molar refractivity (Wildman–Crippen MR) is 106 cm³/mol. The second kappa shape index (κ2) is 9.06. The lowest BCUT2D eigenvalue weighted by atomic mass is 9.96. The number of rotatable bonds is 6. The van der Waals surface area contributed by atoms with Crippen molar-refractivity contribution in [1.82, 2.24) is 4.90 Å². The van der Waals surface area contributed by atoms with Crippen LogP contribution in [0.2, 0.25) is 5.02 Å². The average molecular weight is 373 g/mol. The zero-order valence-electron chi connectivity index (χ0n) is 15.1. The van der Waals surface area contributed by atoms with Crippen molar-refractivity contribution in [1.29, 1.82) is 0 Å². The van der Waals surface area contributed by atoms with Gasteiger partial charge in [0.25, 0.3) is 0 Å². The van der Waals surface area contributed by atoms with Gasteiger partial charge in [0.15, 0.2) is 0 Å². The van der Waals surface area contributed by atoms with Crippen LogP contribution in [0.1, 0.15) is 25.3 Å². The lowest BCUT2D eigenvalue weighted by molar-refractivity contribution is -0.121. The topological polar surface area (TPSA) is 41.6 Å². The second-order valence-corrected chi connectivity index (χ2v) is 7.08. The molecule has 0 bridgehead atoms. The number of hydrogen-bond acceptors (Lipinski definition) is 3. The van der Waals surface area contributed by atoms with Crippen LogP contribution >= 0.6 is 11.6 Å². The summed E-state index contributed by atoms with van der Waals surface area (Å²) in [6, 6.07) is 15.5. The van der Waals surface area contributed by atoms with Gasteiger partial charge in [-0.05, 0) is 68.3 Å². The summed E-state index contributed by atoms with van der Waals surface area (Å²) in [6.07, 6.45) is 1.97. The van der Waals surface area contributed by atoms with Gasteiger partial charge < -0.3 is 10.1 Å². The van der Waals surface area contributed by atoms with Gasteiger partial charge in [0, 0.05) is 23.8 Å². The summed E-state index contributed by atoms with van der Waals surface area (Å²) < 4.78 is 5.43. The molecule has 2 aromatic rings. The van der Waals surface area contributed by atoms with E-state index in [9.17, 15) is 4.79 Å². The van der Waals surface area contributed by atoms with Crippen molar-refractivity contribution < 1.29 is 9.53 Å². The van der Waals surface area contributed by atoms with Crippen molar-refractivity contribution >= 4 is 23.2 Å². The Morgan fingerprint density at radius 3 is 2.62 bits per heavy atom. The van der Waals surface area contributed by atoms with Crippen molar-refractivity contribution in [3.8, 4) is 5.75 Å². The number of carbonyl (C=O) groups excluding carboxylic acids is 1. The minimum Gasteiger partial charge on any atom is -0.494 e. The Kier molecular flexibility index (Phi) is 6.53. The van der Waals surface area contributed by atoms with Crippen LogP contribution in [0.15, 0.2) is 48.5 Å². The van der Waals surface area contributed by atoms with Gasteiger partial charge in [-0.15, -0.1) is 0 Å². The minimum absolute atomic E-state index is 0.0163. The van der Waals surface area contributed by atoms with E-state index in [1.165, 1.54) is 5.56 Å². The molecule has 1 N–H and O–H groups in total. The number of nitrogens with zero attached hydrogens (tertiary/aromatic N) is 1. The maximum atomic E-state index is 12.6. The molecule has 1 heterocycles. The van der Waals surface area contributed by atoms with E-state index in [4.69, 9.17) is 16.3 Å². The third-order valence-electron chi connectivity index (χ3n) is 4.63. The lowest BCUT2D eigenvalue weighted by Crippen LogP contribution is -2.40. The first-order chi connectivity index (χ1) is 12.6. The van der Waals surface area contributed by atoms with Gasteiger partial charge in [0.1, 0.15) is 5.75 Å². The van der Waals surface area contributed by atoms with Crippen molar-refractivity contribution in [2.45, 2.75) is 26.3 Å². The summed E-state index contributed by atoms with van der Waals surface area (Å²) in [6.45, 7) is 5.25. The van der Waals surface area contributed by atoms with Crippen LogP contribution in [-0.4, -0.2) is 30.5 Å². The van der Waals surface area contributed by atoms with E-state index in [-0.39, 0.29) is 11.8 Å². The molecule has 3 rings (SSSR count). The largest absolute Gasteiger partial charge is 0.494 e. The van der Waals surface area contributed by atoms with E-state index >= 15 is 0 Å². The molecule has 1 aliphatic heterocycles. The molecule has 0 spiro atoms. The second-order valence-electron chi connectivity index (χ2n) is 6.65. The Hall–Kier alpha value is -2.04. The zero-order valence-corrected chi connectivity index (χ0v) is 15.8. The van der Waals surface area contributed by atoms with E-state index in [0.717, 1.165) is 48.9 Å². The number of amides is 1. The van der Waals surface area contributed by atoms with E-state index in [2.05, 4.69) is 10.2 Å². The zero-order chi connectivity index (χ0) is 18.4. The fourth-order valence-corrected chi connectivity index (χ4v) is 3.43. The third kappa shape index (κ3) is 5.23. The molecule has 1 fully saturated rings. The van der Waals surface area contributed by atoms with Crippen LogP contribution in [0.25, 0.3) is 0 Å². The van der Waals surface area contributed by atoms with Crippen LogP contribution in [0.3, 0.4) is 0 Å². The highest BCUT2D eigenvalue weighted by Crippen LogP contribution is 2.22. The molecule has 5 heteroatoms. The molecule has 1 saturated heterocycles. The standard InChI is InChI=1S/C21H25ClN2O2/c1-2-26-20-11-9-19(10-12-20)23-21(25)17-4-3-13-24(15-17)14-16-5-7-18(22)8-6-16/h5-12,17H,2-4,13-15H2,1H3,(H,23,25)/t17-/m0/s1. The maximum Gasteiger partial charge on any atom is 0.228 e. The highest BCUT2D eigenvalue weighted by Gasteiger charge is 2.25. The Balaban J connectivity index is 1.54. The highest BCUT2D eigenvalue weighted by atomic mass is 35.5. The van der Waals surface area contributed by atoms with Gasteiger partial charge >= 0.3 is 0 Å². The molecule has 26 heavy (non-hydrogen) atoms. The number of halogens is 1. The Bertz CT molecular complexity index is 716. The maximum absolute atomic E-state index is 12.6. The number of likely N-dealkylation sites (tertiary alicyclic amines) is 1. The van der Waals surface area contributed by atoms with Gasteiger partial charge in [0.2, 0.25) is 5.91 Å². The molecular formula is C21H25ClN2O2. The average Bonchev–Trinajstić information content (AvgIpc) is 2.66. The van der Waals surface area contributed by atoms with E-state index in [1.807, 2.05) is 55.5 Å². The van der Waals surface area contributed by atoms with Gasteiger partial charge in [-0.3, -0.25) is 9.69 Å². The first-order valence-electron chi connectivity index (χ1n) is 9.14. The van der Waals surface area contributed by atoms with Crippen molar-refractivity contribution in [2.75, 3.05) is 25.0 Å². The smallest absolute Gasteiger partial charge is 0.228 e. The summed E-state index contributed by atoms with van der Waals surface area (Å²) in [5.74, 6) is 0.926. The van der Waals surface area contributed by atoms with E-state index in [1.54, 1.807) is 0 Å². The SMILES string of the molecule is CCOc1ccc(NC(=O)[C@H]2CCCN(Cc3ccc(Cl)cc3)C2)cc1. The molecule has 138 valence electrons. The van der Waals surface area contributed by atoms with Gasteiger partial charge in [0.05, 0.1) is 12.5 Å². The molecular weight excluding hydrogens is 348 g/mol. The summed E-state index contributed by atoms with van der Waals surface area (Å²) in [5.41, 5.74) is 2.04. The molecule has 0 aromatic heterocycles. The number of benzene rings is 2. The van der Waals surface area contributed by atoms with Gasteiger partial charge in [-0.25, -0.2) is 0 Å². The van der Waals surface area contributed by atoms with Crippen molar-refractivity contribution in [3.63, 3.8) is 0 Å². The Morgan fingerprint density at radius 2 is 1.92 bits per heavy atom. The molecule has 2 aromatic carbocycles. The monoisotopic (exact) mass is 372 g/mol. The van der Waals surface area contributed by atoms with Crippen molar-refractivity contribution in [2.24, 2.45) is 5.92 Å². The van der Waals surface area contributed by atoms with Crippen LogP contribution < -0.4 is 10.1 Å². The van der Waals surface area contributed by atoms with Crippen LogP contribution in [0, 0.1) is 5.92 Å². The van der Waals surface area contributed by atoms with Gasteiger partial charge in [-0.2, -0.15) is 0 Å². The molecule has 1 amide bonds. The molecule has 4 nitrogen and oxygen atoms in total. The number of nitrogens with one attached hydrogen (secondary N) is 1. The Labute approximate surface area is 160 Å². The third-order valence-corrected chi connectivity index (χ3v) is 4.88. The highest BCUT2D eigenvalue weighted by molar-refractivity contribution is 6.30.